The van der Waals surface area contributed by atoms with Gasteiger partial charge in [0, 0.05) is 12.4 Å². The van der Waals surface area contributed by atoms with Crippen LogP contribution in [0.3, 0.4) is 0 Å². The zero-order valence-corrected chi connectivity index (χ0v) is 10.5. The highest BCUT2D eigenvalue weighted by atomic mass is 19.1. The zero-order chi connectivity index (χ0) is 14.2. The van der Waals surface area contributed by atoms with Crippen LogP contribution in [-0.4, -0.2) is 23.7 Å². The molecule has 0 aliphatic heterocycles. The van der Waals surface area contributed by atoms with Crippen LogP contribution < -0.4 is 10.2 Å². The average Bonchev–Trinajstić information content (AvgIpc) is 2.48. The second kappa shape index (κ2) is 6.98. The predicted octanol–water partition coefficient (Wildman–Crippen LogP) is 1.75. The third-order valence-electron chi connectivity index (χ3n) is 2.29. The molecule has 1 N–H and O–H groups in total. The number of halogens is 1. The molecule has 0 bridgehead atoms. The fraction of sp³-hybridized carbons (Fsp3) is 0.0714. The first-order valence-electron chi connectivity index (χ1n) is 5.84. The van der Waals surface area contributed by atoms with Crippen molar-refractivity contribution < 1.29 is 13.9 Å². The van der Waals surface area contributed by atoms with Crippen molar-refractivity contribution in [3.8, 4) is 5.75 Å². The van der Waals surface area contributed by atoms with Crippen LogP contribution in [0.25, 0.3) is 0 Å². The maximum atomic E-state index is 12.7. The van der Waals surface area contributed by atoms with E-state index in [1.807, 2.05) is 0 Å². The number of nitrogens with zero attached hydrogens (tertiary/aromatic N) is 2. The number of aromatic nitrogens is 1. The minimum Gasteiger partial charge on any atom is -0.484 e. The quantitative estimate of drug-likeness (QED) is 0.666. The largest absolute Gasteiger partial charge is 0.484 e. The van der Waals surface area contributed by atoms with E-state index in [0.717, 1.165) is 5.56 Å². The Balaban J connectivity index is 1.76. The topological polar surface area (TPSA) is 63.6 Å². The summed E-state index contributed by atoms with van der Waals surface area (Å²) in [6.07, 6.45) is 4.75. The number of hydrazone groups is 1. The van der Waals surface area contributed by atoms with E-state index in [0.29, 0.717) is 5.75 Å². The van der Waals surface area contributed by atoms with Gasteiger partial charge in [0.1, 0.15) is 11.6 Å². The molecule has 0 spiro atoms. The van der Waals surface area contributed by atoms with Gasteiger partial charge in [-0.2, -0.15) is 5.10 Å². The Kier molecular flexibility index (Phi) is 4.77. The molecule has 0 aliphatic rings. The number of rotatable bonds is 5. The van der Waals surface area contributed by atoms with Crippen molar-refractivity contribution in [2.24, 2.45) is 5.10 Å². The lowest BCUT2D eigenvalue weighted by atomic mass is 10.3. The summed E-state index contributed by atoms with van der Waals surface area (Å²) < 4.78 is 17.8. The molecule has 0 aliphatic carbocycles. The fourth-order valence-electron chi connectivity index (χ4n) is 1.34. The lowest BCUT2D eigenvalue weighted by Gasteiger charge is -2.04. The first-order chi connectivity index (χ1) is 9.74. The number of ether oxygens (including phenoxy) is 1. The molecule has 2 aromatic rings. The maximum absolute atomic E-state index is 12.7. The molecule has 5 nitrogen and oxygen atoms in total. The Bertz CT molecular complexity index is 585. The van der Waals surface area contributed by atoms with E-state index in [2.05, 4.69) is 15.5 Å². The number of nitrogens with one attached hydrogen (secondary N) is 1. The lowest BCUT2D eigenvalue weighted by Crippen LogP contribution is -2.24. The van der Waals surface area contributed by atoms with Crippen molar-refractivity contribution in [3.05, 3.63) is 60.2 Å². The molecule has 1 heterocycles. The van der Waals surface area contributed by atoms with Gasteiger partial charge in [-0.05, 0) is 42.0 Å². The molecule has 1 aromatic heterocycles. The fourth-order valence-corrected chi connectivity index (χ4v) is 1.34. The minimum absolute atomic E-state index is 0.195. The van der Waals surface area contributed by atoms with Crippen LogP contribution in [0, 0.1) is 5.82 Å². The van der Waals surface area contributed by atoms with Crippen LogP contribution >= 0.6 is 0 Å². The Hall–Kier alpha value is -2.76. The van der Waals surface area contributed by atoms with Gasteiger partial charge in [0.2, 0.25) is 0 Å². The summed E-state index contributed by atoms with van der Waals surface area (Å²) in [5.41, 5.74) is 3.14. The third-order valence-corrected chi connectivity index (χ3v) is 2.29. The Morgan fingerprint density at radius 1 is 1.25 bits per heavy atom. The summed E-state index contributed by atoms with van der Waals surface area (Å²) in [6, 6.07) is 8.92. The smallest absolute Gasteiger partial charge is 0.277 e. The van der Waals surface area contributed by atoms with Gasteiger partial charge in [0.05, 0.1) is 6.21 Å². The summed E-state index contributed by atoms with van der Waals surface area (Å²) in [4.78, 5) is 15.3. The minimum atomic E-state index is -0.403. The van der Waals surface area contributed by atoms with Crippen LogP contribution in [0.5, 0.6) is 5.75 Å². The highest BCUT2D eigenvalue weighted by molar-refractivity contribution is 5.82. The van der Waals surface area contributed by atoms with Crippen molar-refractivity contribution in [3.63, 3.8) is 0 Å². The van der Waals surface area contributed by atoms with Gasteiger partial charge in [-0.25, -0.2) is 9.82 Å². The average molecular weight is 273 g/mol. The number of hydrogen-bond acceptors (Lipinski definition) is 4. The number of benzene rings is 1. The molecular formula is C14H12FN3O2. The van der Waals surface area contributed by atoms with Gasteiger partial charge >= 0.3 is 0 Å². The second-order valence-electron chi connectivity index (χ2n) is 3.82. The normalized spacial score (nSPS) is 10.4. The Morgan fingerprint density at radius 3 is 2.65 bits per heavy atom. The van der Waals surface area contributed by atoms with Crippen molar-refractivity contribution in [1.82, 2.24) is 10.4 Å². The number of hydrogen-bond donors (Lipinski definition) is 1. The molecule has 0 fully saturated rings. The number of amides is 1. The van der Waals surface area contributed by atoms with Crippen molar-refractivity contribution in [2.45, 2.75) is 0 Å². The highest BCUT2D eigenvalue weighted by Gasteiger charge is 2.01. The Morgan fingerprint density at radius 2 is 1.95 bits per heavy atom. The van der Waals surface area contributed by atoms with Gasteiger partial charge in [-0.3, -0.25) is 9.78 Å². The summed E-state index contributed by atoms with van der Waals surface area (Å²) in [6.45, 7) is -0.195. The van der Waals surface area contributed by atoms with E-state index in [4.69, 9.17) is 4.74 Å². The molecule has 1 amide bonds. The SMILES string of the molecule is O=C(COc1ccc(F)cc1)N/N=C/c1ccncc1. The molecule has 2 rings (SSSR count). The summed E-state index contributed by atoms with van der Waals surface area (Å²) in [5, 5.41) is 3.78. The molecule has 20 heavy (non-hydrogen) atoms. The van der Waals surface area contributed by atoms with Crippen LogP contribution in [0.1, 0.15) is 5.56 Å². The molecule has 0 saturated carbocycles. The zero-order valence-electron chi connectivity index (χ0n) is 10.5. The molecule has 0 unspecified atom stereocenters. The molecular weight excluding hydrogens is 261 g/mol. The lowest BCUT2D eigenvalue weighted by molar-refractivity contribution is -0.123. The number of pyridine rings is 1. The third kappa shape index (κ3) is 4.49. The van der Waals surface area contributed by atoms with Crippen LogP contribution in [0.2, 0.25) is 0 Å². The van der Waals surface area contributed by atoms with Crippen LogP contribution in [0.15, 0.2) is 53.9 Å². The van der Waals surface area contributed by atoms with E-state index >= 15 is 0 Å². The molecule has 102 valence electrons. The molecule has 0 radical (unpaired) electrons. The van der Waals surface area contributed by atoms with E-state index in [1.54, 1.807) is 24.5 Å². The standard InChI is InChI=1S/C14H12FN3O2/c15-12-1-3-13(4-2-12)20-10-14(19)18-17-9-11-5-7-16-8-6-11/h1-9H,10H2,(H,18,19)/b17-9+. The Labute approximate surface area is 115 Å². The van der Waals surface area contributed by atoms with Crippen molar-refractivity contribution in [2.75, 3.05) is 6.61 Å². The van der Waals surface area contributed by atoms with Gasteiger partial charge in [-0.15, -0.1) is 0 Å². The predicted molar refractivity (Wildman–Crippen MR) is 71.9 cm³/mol. The number of carbonyl (C=O) groups excluding carboxylic acids is 1. The first-order valence-corrected chi connectivity index (χ1v) is 5.84. The van der Waals surface area contributed by atoms with E-state index in [1.165, 1.54) is 30.5 Å². The summed E-state index contributed by atoms with van der Waals surface area (Å²) >= 11 is 0. The van der Waals surface area contributed by atoms with Gasteiger partial charge in [0.25, 0.3) is 5.91 Å². The van der Waals surface area contributed by atoms with Gasteiger partial charge in [0.15, 0.2) is 6.61 Å². The van der Waals surface area contributed by atoms with Gasteiger partial charge < -0.3 is 4.74 Å². The van der Waals surface area contributed by atoms with E-state index in [9.17, 15) is 9.18 Å². The first kappa shape index (κ1) is 13.7. The second-order valence-corrected chi connectivity index (χ2v) is 3.82. The molecule has 0 saturated heterocycles. The molecule has 1 aromatic carbocycles. The summed E-state index contributed by atoms with van der Waals surface area (Å²) in [7, 11) is 0. The van der Waals surface area contributed by atoms with E-state index in [-0.39, 0.29) is 12.4 Å². The van der Waals surface area contributed by atoms with Gasteiger partial charge in [-0.1, -0.05) is 0 Å². The van der Waals surface area contributed by atoms with E-state index < -0.39 is 5.91 Å². The monoisotopic (exact) mass is 273 g/mol. The van der Waals surface area contributed by atoms with Crippen molar-refractivity contribution >= 4 is 12.1 Å². The summed E-state index contributed by atoms with van der Waals surface area (Å²) in [5.74, 6) is -0.344. The van der Waals surface area contributed by atoms with Crippen LogP contribution in [0.4, 0.5) is 4.39 Å². The highest BCUT2D eigenvalue weighted by Crippen LogP contribution is 2.10. The molecule has 0 atom stereocenters. The number of carbonyl (C=O) groups is 1. The van der Waals surface area contributed by atoms with Crippen molar-refractivity contribution in [1.29, 1.82) is 0 Å². The molecule has 6 heteroatoms. The maximum Gasteiger partial charge on any atom is 0.277 e. The van der Waals surface area contributed by atoms with Crippen LogP contribution in [-0.2, 0) is 4.79 Å².